The molecule has 0 aromatic heterocycles. The van der Waals surface area contributed by atoms with Gasteiger partial charge in [-0.25, -0.2) is 13.6 Å². The monoisotopic (exact) mass is 231 g/mol. The third kappa shape index (κ3) is 3.82. The van der Waals surface area contributed by atoms with E-state index in [1.54, 1.807) is 0 Å². The first-order valence-corrected chi connectivity index (χ1v) is 4.59. The Kier molecular flexibility index (Phi) is 4.65. The van der Waals surface area contributed by atoms with E-state index < -0.39 is 17.7 Å². The molecule has 1 rings (SSSR count). The summed E-state index contributed by atoms with van der Waals surface area (Å²) in [5.41, 5.74) is 0.0287. The number of rotatable bonds is 4. The first-order valence-electron chi connectivity index (χ1n) is 4.59. The lowest BCUT2D eigenvalue weighted by Crippen LogP contribution is -2.25. The number of amides is 1. The zero-order chi connectivity index (χ0) is 12.0. The molecule has 0 saturated carbocycles. The van der Waals surface area contributed by atoms with Crippen LogP contribution in [0.2, 0.25) is 0 Å². The maximum Gasteiger partial charge on any atom is 0.407 e. The van der Waals surface area contributed by atoms with Gasteiger partial charge in [0.15, 0.2) is 0 Å². The van der Waals surface area contributed by atoms with E-state index in [0.29, 0.717) is 0 Å². The summed E-state index contributed by atoms with van der Waals surface area (Å²) in [5, 5.41) is 10.6. The number of aliphatic hydroxyl groups excluding tert-OH is 1. The molecule has 0 bridgehead atoms. The number of benzene rings is 1. The highest BCUT2D eigenvalue weighted by Gasteiger charge is 2.06. The molecule has 0 aliphatic rings. The van der Waals surface area contributed by atoms with Gasteiger partial charge in [0, 0.05) is 12.1 Å². The highest BCUT2D eigenvalue weighted by molar-refractivity contribution is 5.67. The van der Waals surface area contributed by atoms with E-state index in [9.17, 15) is 13.6 Å². The minimum atomic E-state index is -0.794. The Morgan fingerprint density at radius 2 is 2.19 bits per heavy atom. The van der Waals surface area contributed by atoms with Gasteiger partial charge in [0.2, 0.25) is 0 Å². The molecule has 0 unspecified atom stereocenters. The number of ether oxygens (including phenoxy) is 1. The maximum atomic E-state index is 13.1. The highest BCUT2D eigenvalue weighted by atomic mass is 19.1. The number of hydrogen-bond acceptors (Lipinski definition) is 3. The van der Waals surface area contributed by atoms with Crippen molar-refractivity contribution in [3.8, 4) is 0 Å². The smallest absolute Gasteiger partial charge is 0.407 e. The molecule has 88 valence electrons. The molecule has 6 heteroatoms. The Hall–Kier alpha value is -1.69. The van der Waals surface area contributed by atoms with Gasteiger partial charge in [-0.3, -0.25) is 0 Å². The Labute approximate surface area is 90.8 Å². The van der Waals surface area contributed by atoms with Crippen molar-refractivity contribution >= 4 is 6.09 Å². The van der Waals surface area contributed by atoms with E-state index in [1.807, 2.05) is 0 Å². The number of halogens is 2. The molecule has 1 amide bonds. The van der Waals surface area contributed by atoms with Crippen LogP contribution in [0.25, 0.3) is 0 Å². The topological polar surface area (TPSA) is 58.6 Å². The molecule has 16 heavy (non-hydrogen) atoms. The summed E-state index contributed by atoms with van der Waals surface area (Å²) in [6, 6.07) is 2.95. The van der Waals surface area contributed by atoms with Crippen LogP contribution in [0, 0.1) is 11.6 Å². The van der Waals surface area contributed by atoms with Crippen LogP contribution in [0.4, 0.5) is 13.6 Å². The molecule has 0 saturated heterocycles. The molecular weight excluding hydrogens is 220 g/mol. The van der Waals surface area contributed by atoms with Gasteiger partial charge in [0.25, 0.3) is 0 Å². The molecule has 0 spiro atoms. The molecule has 2 N–H and O–H groups in total. The fourth-order valence-corrected chi connectivity index (χ4v) is 1.04. The van der Waals surface area contributed by atoms with E-state index in [-0.39, 0.29) is 25.3 Å². The van der Waals surface area contributed by atoms with Crippen molar-refractivity contribution in [2.75, 3.05) is 13.2 Å². The quantitative estimate of drug-likeness (QED) is 0.818. The SMILES string of the molecule is O=C(NCc1cc(F)ccc1F)OCCO. The summed E-state index contributed by atoms with van der Waals surface area (Å²) < 4.78 is 30.3. The predicted octanol–water partition coefficient (Wildman–Crippen LogP) is 1.18. The largest absolute Gasteiger partial charge is 0.447 e. The van der Waals surface area contributed by atoms with E-state index in [4.69, 9.17) is 5.11 Å². The number of carbonyl (C=O) groups is 1. The fraction of sp³-hybridized carbons (Fsp3) is 0.300. The average molecular weight is 231 g/mol. The van der Waals surface area contributed by atoms with Crippen molar-refractivity contribution in [1.29, 1.82) is 0 Å². The van der Waals surface area contributed by atoms with Crippen LogP contribution in [0.1, 0.15) is 5.56 Å². The number of alkyl carbamates (subject to hydrolysis) is 1. The van der Waals surface area contributed by atoms with E-state index in [2.05, 4.69) is 10.1 Å². The molecule has 0 fully saturated rings. The Bertz CT molecular complexity index is 371. The van der Waals surface area contributed by atoms with Crippen LogP contribution in [0.3, 0.4) is 0 Å². The van der Waals surface area contributed by atoms with Crippen LogP contribution >= 0.6 is 0 Å². The summed E-state index contributed by atoms with van der Waals surface area (Å²) in [5.74, 6) is -1.19. The average Bonchev–Trinajstić information content (AvgIpc) is 2.27. The minimum absolute atomic E-state index is 0.0287. The second-order valence-electron chi connectivity index (χ2n) is 2.95. The summed E-state index contributed by atoms with van der Waals surface area (Å²) in [6.45, 7) is -0.604. The molecule has 0 aliphatic carbocycles. The van der Waals surface area contributed by atoms with Gasteiger partial charge in [0.1, 0.15) is 18.2 Å². The van der Waals surface area contributed by atoms with Crippen molar-refractivity contribution in [2.45, 2.75) is 6.54 Å². The first-order chi connectivity index (χ1) is 7.63. The molecule has 4 nitrogen and oxygen atoms in total. The van der Waals surface area contributed by atoms with Gasteiger partial charge >= 0.3 is 6.09 Å². The lowest BCUT2D eigenvalue weighted by molar-refractivity contribution is 0.118. The third-order valence-corrected chi connectivity index (χ3v) is 1.76. The number of carbonyl (C=O) groups excluding carboxylic acids is 1. The normalized spacial score (nSPS) is 9.94. The Morgan fingerprint density at radius 1 is 1.44 bits per heavy atom. The van der Waals surface area contributed by atoms with Crippen LogP contribution < -0.4 is 5.32 Å². The summed E-state index contributed by atoms with van der Waals surface area (Å²) in [6.07, 6.45) is -0.794. The zero-order valence-electron chi connectivity index (χ0n) is 8.37. The Balaban J connectivity index is 2.47. The van der Waals surface area contributed by atoms with E-state index in [0.717, 1.165) is 18.2 Å². The maximum absolute atomic E-state index is 13.1. The predicted molar refractivity (Wildman–Crippen MR) is 51.6 cm³/mol. The highest BCUT2D eigenvalue weighted by Crippen LogP contribution is 2.09. The van der Waals surface area contributed by atoms with E-state index in [1.165, 1.54) is 0 Å². The van der Waals surface area contributed by atoms with Crippen molar-refractivity contribution in [2.24, 2.45) is 0 Å². The van der Waals surface area contributed by atoms with Crippen LogP contribution in [0.5, 0.6) is 0 Å². The summed E-state index contributed by atoms with van der Waals surface area (Å²) in [4.78, 5) is 10.9. The van der Waals surface area contributed by atoms with Gasteiger partial charge in [-0.2, -0.15) is 0 Å². The second-order valence-corrected chi connectivity index (χ2v) is 2.95. The Morgan fingerprint density at radius 3 is 2.88 bits per heavy atom. The molecule has 0 atom stereocenters. The zero-order valence-corrected chi connectivity index (χ0v) is 8.37. The van der Waals surface area contributed by atoms with E-state index >= 15 is 0 Å². The van der Waals surface area contributed by atoms with Gasteiger partial charge in [0.05, 0.1) is 6.61 Å². The molecule has 0 heterocycles. The fourth-order valence-electron chi connectivity index (χ4n) is 1.04. The number of aliphatic hydroxyl groups is 1. The van der Waals surface area contributed by atoms with Gasteiger partial charge in [-0.15, -0.1) is 0 Å². The molecule has 0 radical (unpaired) electrons. The summed E-state index contributed by atoms with van der Waals surface area (Å²) >= 11 is 0. The standard InChI is InChI=1S/C10H11F2NO3/c11-8-1-2-9(12)7(5-8)6-13-10(15)16-4-3-14/h1-2,5,14H,3-4,6H2,(H,13,15). The molecular formula is C10H11F2NO3. The van der Waals surface area contributed by atoms with Crippen molar-refractivity contribution < 1.29 is 23.4 Å². The molecule has 1 aromatic rings. The summed E-state index contributed by atoms with van der Waals surface area (Å²) in [7, 11) is 0. The molecule has 1 aromatic carbocycles. The van der Waals surface area contributed by atoms with Crippen LogP contribution in [-0.2, 0) is 11.3 Å². The number of hydrogen-bond donors (Lipinski definition) is 2. The van der Waals surface area contributed by atoms with Crippen LogP contribution in [0.15, 0.2) is 18.2 Å². The minimum Gasteiger partial charge on any atom is -0.447 e. The second kappa shape index (κ2) is 6.02. The molecule has 0 aliphatic heterocycles. The van der Waals surface area contributed by atoms with Crippen molar-refractivity contribution in [1.82, 2.24) is 5.32 Å². The third-order valence-electron chi connectivity index (χ3n) is 1.76. The van der Waals surface area contributed by atoms with Gasteiger partial charge in [-0.1, -0.05) is 0 Å². The lowest BCUT2D eigenvalue weighted by atomic mass is 10.2. The van der Waals surface area contributed by atoms with Gasteiger partial charge < -0.3 is 15.2 Å². The number of nitrogens with one attached hydrogen (secondary N) is 1. The van der Waals surface area contributed by atoms with Crippen LogP contribution in [-0.4, -0.2) is 24.4 Å². The first kappa shape index (κ1) is 12.4. The van der Waals surface area contributed by atoms with Crippen molar-refractivity contribution in [3.05, 3.63) is 35.4 Å². The lowest BCUT2D eigenvalue weighted by Gasteiger charge is -2.06. The van der Waals surface area contributed by atoms with Crippen molar-refractivity contribution in [3.63, 3.8) is 0 Å². The van der Waals surface area contributed by atoms with Gasteiger partial charge in [-0.05, 0) is 18.2 Å².